The molecule has 0 bridgehead atoms. The van der Waals surface area contributed by atoms with Crippen molar-refractivity contribution < 1.29 is 13.9 Å². The Balaban J connectivity index is 1.39. The van der Waals surface area contributed by atoms with Crippen molar-refractivity contribution in [3.8, 4) is 33.9 Å². The van der Waals surface area contributed by atoms with Gasteiger partial charge in [0, 0.05) is 28.9 Å². The van der Waals surface area contributed by atoms with Crippen LogP contribution in [0.2, 0.25) is 0 Å². The lowest BCUT2D eigenvalue weighted by Gasteiger charge is -2.23. The van der Waals surface area contributed by atoms with Crippen LogP contribution in [-0.4, -0.2) is 41.5 Å². The minimum atomic E-state index is -0.753. The first kappa shape index (κ1) is 25.6. The van der Waals surface area contributed by atoms with E-state index in [-0.39, 0.29) is 16.7 Å². The molecule has 4 aromatic heterocycles. The summed E-state index contributed by atoms with van der Waals surface area (Å²) in [6, 6.07) is 13.0. The summed E-state index contributed by atoms with van der Waals surface area (Å²) in [7, 11) is 0. The van der Waals surface area contributed by atoms with E-state index in [1.807, 2.05) is 32.9 Å². The van der Waals surface area contributed by atoms with E-state index in [2.05, 4.69) is 30.5 Å². The van der Waals surface area contributed by atoms with Crippen LogP contribution in [0.15, 0.2) is 67.1 Å². The molecular formula is C30H27F2N7O. The molecule has 0 saturated heterocycles. The number of pyridine rings is 2. The molecule has 1 atom stereocenters. The van der Waals surface area contributed by atoms with E-state index in [4.69, 9.17) is 4.98 Å². The summed E-state index contributed by atoms with van der Waals surface area (Å²) in [6.45, 7) is 6.15. The van der Waals surface area contributed by atoms with Crippen LogP contribution in [0, 0.1) is 17.0 Å². The number of aromatic nitrogens is 6. The lowest BCUT2D eigenvalue weighted by atomic mass is 9.91. The van der Waals surface area contributed by atoms with Crippen LogP contribution >= 0.6 is 0 Å². The van der Waals surface area contributed by atoms with Crippen LogP contribution in [0.4, 0.5) is 14.5 Å². The molecule has 4 heterocycles. The highest BCUT2D eigenvalue weighted by molar-refractivity contribution is 5.97. The Kier molecular flexibility index (Phi) is 6.26. The predicted octanol–water partition coefficient (Wildman–Crippen LogP) is 6.67. The second-order valence-electron chi connectivity index (χ2n) is 11.0. The average molecular weight is 540 g/mol. The van der Waals surface area contributed by atoms with Gasteiger partial charge in [0.2, 0.25) is 0 Å². The van der Waals surface area contributed by atoms with Crippen LogP contribution in [0.5, 0.6) is 0 Å². The molecule has 0 aliphatic heterocycles. The summed E-state index contributed by atoms with van der Waals surface area (Å²) < 4.78 is 29.1. The SMILES string of the molecule is CC(C)(C)CC(O)Nc1cncc(-c2cc(F)c3n[nH]c(-c4nc5c(-c6cccc(F)c6)nccc5[nH]4)c3c2)c1. The van der Waals surface area contributed by atoms with E-state index in [9.17, 15) is 9.50 Å². The number of aliphatic hydroxyl groups excluding tert-OH is 1. The molecule has 0 radical (unpaired) electrons. The van der Waals surface area contributed by atoms with E-state index in [1.165, 1.54) is 18.2 Å². The largest absolute Gasteiger partial charge is 0.374 e. The molecule has 8 nitrogen and oxygen atoms in total. The fourth-order valence-electron chi connectivity index (χ4n) is 4.82. The molecular weight excluding hydrogens is 512 g/mol. The van der Waals surface area contributed by atoms with Gasteiger partial charge < -0.3 is 15.4 Å². The standard InChI is InChI=1S/C30H27F2N7O/c1-30(2,3)13-24(40)35-20-10-18(14-33-15-20)17-11-21-26(22(32)12-17)38-39-27(21)29-36-23-7-8-34-25(28(23)37-29)16-5-4-6-19(31)9-16/h4-12,14-15,24,35,40H,13H2,1-3H3,(H,36,37)(H,38,39). The van der Waals surface area contributed by atoms with Crippen molar-refractivity contribution in [1.29, 1.82) is 0 Å². The van der Waals surface area contributed by atoms with Crippen molar-refractivity contribution in [3.63, 3.8) is 0 Å². The number of aromatic amines is 2. The van der Waals surface area contributed by atoms with Gasteiger partial charge in [-0.25, -0.2) is 13.8 Å². The maximum Gasteiger partial charge on any atom is 0.157 e. The topological polar surface area (TPSA) is 115 Å². The number of hydrogen-bond acceptors (Lipinski definition) is 6. The third-order valence-electron chi connectivity index (χ3n) is 6.56. The number of nitrogens with zero attached hydrogens (tertiary/aromatic N) is 4. The Hall–Kier alpha value is -4.70. The van der Waals surface area contributed by atoms with Gasteiger partial charge in [-0.2, -0.15) is 5.10 Å². The molecule has 40 heavy (non-hydrogen) atoms. The maximum atomic E-state index is 15.3. The normalized spacial score (nSPS) is 12.8. The summed E-state index contributed by atoms with van der Waals surface area (Å²) in [5.41, 5.74) is 4.87. The van der Waals surface area contributed by atoms with Crippen LogP contribution in [0.3, 0.4) is 0 Å². The summed E-state index contributed by atoms with van der Waals surface area (Å²) in [4.78, 5) is 16.7. The van der Waals surface area contributed by atoms with Gasteiger partial charge in [-0.3, -0.25) is 15.1 Å². The molecule has 6 aromatic rings. The molecule has 2 aromatic carbocycles. The quantitative estimate of drug-likeness (QED) is 0.176. The number of aliphatic hydroxyl groups is 1. The number of fused-ring (bicyclic) bond motifs is 2. The predicted molar refractivity (Wildman–Crippen MR) is 151 cm³/mol. The second-order valence-corrected chi connectivity index (χ2v) is 11.0. The maximum absolute atomic E-state index is 15.3. The zero-order valence-electron chi connectivity index (χ0n) is 22.1. The minimum Gasteiger partial charge on any atom is -0.374 e. The minimum absolute atomic E-state index is 0.0614. The Morgan fingerprint density at radius 2 is 1.82 bits per heavy atom. The van der Waals surface area contributed by atoms with Crippen molar-refractivity contribution in [3.05, 3.63) is 78.8 Å². The zero-order valence-corrected chi connectivity index (χ0v) is 22.1. The molecule has 1 unspecified atom stereocenters. The summed E-state index contributed by atoms with van der Waals surface area (Å²) in [6.07, 6.45) is 4.67. The number of H-pyrrole nitrogens is 2. The van der Waals surface area contributed by atoms with Gasteiger partial charge in [0.05, 0.1) is 23.1 Å². The van der Waals surface area contributed by atoms with Gasteiger partial charge in [0.1, 0.15) is 28.8 Å². The van der Waals surface area contributed by atoms with Gasteiger partial charge in [-0.15, -0.1) is 0 Å². The Bertz CT molecular complexity index is 1850. The molecule has 0 aliphatic rings. The van der Waals surface area contributed by atoms with Crippen molar-refractivity contribution >= 4 is 27.6 Å². The third kappa shape index (κ3) is 5.01. The number of rotatable bonds is 6. The van der Waals surface area contributed by atoms with Gasteiger partial charge in [-0.1, -0.05) is 32.9 Å². The molecule has 0 saturated carbocycles. The number of halogens is 2. The van der Waals surface area contributed by atoms with Gasteiger partial charge in [0.25, 0.3) is 0 Å². The van der Waals surface area contributed by atoms with Gasteiger partial charge in [0.15, 0.2) is 11.6 Å². The Morgan fingerprint density at radius 3 is 2.62 bits per heavy atom. The molecule has 202 valence electrons. The monoisotopic (exact) mass is 539 g/mol. The fraction of sp³-hybridized carbons (Fsp3) is 0.200. The van der Waals surface area contributed by atoms with Crippen LogP contribution in [0.25, 0.3) is 55.8 Å². The highest BCUT2D eigenvalue weighted by atomic mass is 19.1. The summed E-state index contributed by atoms with van der Waals surface area (Å²) in [5, 5.41) is 21.1. The second kappa shape index (κ2) is 9.80. The molecule has 0 spiro atoms. The highest BCUT2D eigenvalue weighted by Crippen LogP contribution is 2.34. The van der Waals surface area contributed by atoms with Crippen molar-refractivity contribution in [2.45, 2.75) is 33.4 Å². The molecule has 0 aliphatic carbocycles. The number of imidazole rings is 1. The summed E-state index contributed by atoms with van der Waals surface area (Å²) >= 11 is 0. The van der Waals surface area contributed by atoms with Crippen LogP contribution in [-0.2, 0) is 0 Å². The van der Waals surface area contributed by atoms with Gasteiger partial charge in [-0.05, 0) is 53.8 Å². The first-order valence-corrected chi connectivity index (χ1v) is 12.8. The lowest BCUT2D eigenvalue weighted by Crippen LogP contribution is -2.25. The first-order valence-electron chi connectivity index (χ1n) is 12.8. The van der Waals surface area contributed by atoms with E-state index >= 15 is 4.39 Å². The number of hydrogen-bond donors (Lipinski definition) is 4. The molecule has 6 rings (SSSR count). The molecule has 0 fully saturated rings. The first-order chi connectivity index (χ1) is 19.1. The lowest BCUT2D eigenvalue weighted by molar-refractivity contribution is 0.145. The Morgan fingerprint density at radius 1 is 0.975 bits per heavy atom. The van der Waals surface area contributed by atoms with Crippen molar-refractivity contribution in [1.82, 2.24) is 30.1 Å². The van der Waals surface area contributed by atoms with E-state index in [1.54, 1.807) is 36.8 Å². The van der Waals surface area contributed by atoms with Crippen molar-refractivity contribution in [2.24, 2.45) is 5.41 Å². The molecule has 10 heteroatoms. The Labute approximate surface area is 228 Å². The van der Waals surface area contributed by atoms with Crippen LogP contribution in [0.1, 0.15) is 27.2 Å². The third-order valence-corrected chi connectivity index (χ3v) is 6.56. The van der Waals surface area contributed by atoms with Gasteiger partial charge >= 0.3 is 0 Å². The fourth-order valence-corrected chi connectivity index (χ4v) is 4.82. The number of anilines is 1. The van der Waals surface area contributed by atoms with E-state index in [0.29, 0.717) is 62.4 Å². The zero-order chi connectivity index (χ0) is 28.0. The van der Waals surface area contributed by atoms with E-state index < -0.39 is 12.0 Å². The molecule has 4 N–H and O–H groups in total. The number of nitrogens with one attached hydrogen (secondary N) is 3. The average Bonchev–Trinajstić information content (AvgIpc) is 3.52. The van der Waals surface area contributed by atoms with Crippen molar-refractivity contribution in [2.75, 3.05) is 5.32 Å². The summed E-state index contributed by atoms with van der Waals surface area (Å²) in [5.74, 6) is -0.426. The highest BCUT2D eigenvalue weighted by Gasteiger charge is 2.20. The van der Waals surface area contributed by atoms with Crippen LogP contribution < -0.4 is 5.32 Å². The smallest absolute Gasteiger partial charge is 0.157 e. The molecule has 0 amide bonds. The van der Waals surface area contributed by atoms with E-state index in [0.717, 1.165) is 0 Å². The number of benzene rings is 2.